The minimum Gasteiger partial charge on any atom is -0.478 e. The van der Waals surface area contributed by atoms with E-state index in [4.69, 9.17) is 10.2 Å². The molecule has 0 heterocycles. The molecule has 0 amide bonds. The molecule has 0 aliphatic heterocycles. The number of benzene rings is 2. The first-order chi connectivity index (χ1) is 10.6. The standard InChI is InChI=1S/C16H14O6S/c1-9-7-11(3-5-13(9)15(17)18)23(21,22)12-4-6-14(16(19)20)10(2)8-12/h3-8H,1-2H3,(H,17,18)(H,19,20). The van der Waals surface area contributed by atoms with Crippen LogP contribution in [0, 0.1) is 13.8 Å². The Hall–Kier alpha value is -2.67. The maximum absolute atomic E-state index is 12.6. The molecule has 120 valence electrons. The van der Waals surface area contributed by atoms with Crippen LogP contribution in [0.15, 0.2) is 46.2 Å². The molecule has 7 heteroatoms. The molecule has 0 saturated carbocycles. The van der Waals surface area contributed by atoms with Crippen molar-refractivity contribution in [2.45, 2.75) is 23.6 Å². The lowest BCUT2D eigenvalue weighted by atomic mass is 10.1. The number of rotatable bonds is 4. The molecule has 23 heavy (non-hydrogen) atoms. The summed E-state index contributed by atoms with van der Waals surface area (Å²) < 4.78 is 25.2. The fourth-order valence-electron chi connectivity index (χ4n) is 2.22. The van der Waals surface area contributed by atoms with Gasteiger partial charge in [0.1, 0.15) is 0 Å². The van der Waals surface area contributed by atoms with E-state index >= 15 is 0 Å². The third-order valence-corrected chi connectivity index (χ3v) is 5.23. The third-order valence-electron chi connectivity index (χ3n) is 3.48. The predicted molar refractivity (Wildman–Crippen MR) is 81.7 cm³/mol. The summed E-state index contributed by atoms with van der Waals surface area (Å²) in [6, 6.07) is 7.52. The molecule has 0 radical (unpaired) electrons. The van der Waals surface area contributed by atoms with Crippen molar-refractivity contribution in [1.82, 2.24) is 0 Å². The summed E-state index contributed by atoms with van der Waals surface area (Å²) in [6.07, 6.45) is 0. The Bertz CT molecular complexity index is 843. The second-order valence-electron chi connectivity index (χ2n) is 5.07. The van der Waals surface area contributed by atoms with E-state index < -0.39 is 21.8 Å². The summed E-state index contributed by atoms with van der Waals surface area (Å²) in [5, 5.41) is 18.0. The molecule has 0 unspecified atom stereocenters. The van der Waals surface area contributed by atoms with Crippen LogP contribution in [-0.4, -0.2) is 30.6 Å². The first-order valence-electron chi connectivity index (χ1n) is 6.57. The van der Waals surface area contributed by atoms with Gasteiger partial charge in [0.2, 0.25) is 9.84 Å². The van der Waals surface area contributed by atoms with Crippen LogP contribution in [0.5, 0.6) is 0 Å². The van der Waals surface area contributed by atoms with Gasteiger partial charge in [-0.2, -0.15) is 0 Å². The van der Waals surface area contributed by atoms with Gasteiger partial charge >= 0.3 is 11.9 Å². The number of aryl methyl sites for hydroxylation is 2. The molecule has 2 aromatic rings. The Balaban J connectivity index is 2.55. The number of aromatic carboxylic acids is 2. The number of hydrogen-bond acceptors (Lipinski definition) is 4. The normalized spacial score (nSPS) is 11.2. The molecule has 0 saturated heterocycles. The fourth-order valence-corrected chi connectivity index (χ4v) is 3.65. The van der Waals surface area contributed by atoms with E-state index in [9.17, 15) is 18.0 Å². The van der Waals surface area contributed by atoms with Gasteiger partial charge in [-0.05, 0) is 61.4 Å². The molecule has 6 nitrogen and oxygen atoms in total. The van der Waals surface area contributed by atoms with E-state index in [-0.39, 0.29) is 20.9 Å². The van der Waals surface area contributed by atoms with Gasteiger partial charge in [0.15, 0.2) is 0 Å². The lowest BCUT2D eigenvalue weighted by molar-refractivity contribution is 0.0685. The van der Waals surface area contributed by atoms with Gasteiger partial charge < -0.3 is 10.2 Å². The molecule has 0 aliphatic rings. The van der Waals surface area contributed by atoms with Crippen molar-refractivity contribution in [2.75, 3.05) is 0 Å². The molecule has 2 N–H and O–H groups in total. The van der Waals surface area contributed by atoms with Crippen LogP contribution in [0.4, 0.5) is 0 Å². The van der Waals surface area contributed by atoms with Gasteiger partial charge in [-0.15, -0.1) is 0 Å². The van der Waals surface area contributed by atoms with Gasteiger partial charge in [-0.25, -0.2) is 18.0 Å². The number of carbonyl (C=O) groups is 2. The molecule has 0 spiro atoms. The molecular formula is C16H14O6S. The van der Waals surface area contributed by atoms with Crippen molar-refractivity contribution in [3.63, 3.8) is 0 Å². The summed E-state index contributed by atoms with van der Waals surface area (Å²) >= 11 is 0. The van der Waals surface area contributed by atoms with Gasteiger partial charge in [-0.1, -0.05) is 0 Å². The van der Waals surface area contributed by atoms with E-state index in [0.717, 1.165) is 0 Å². The highest BCUT2D eigenvalue weighted by Crippen LogP contribution is 2.25. The van der Waals surface area contributed by atoms with Crippen LogP contribution < -0.4 is 0 Å². The van der Waals surface area contributed by atoms with Crippen molar-refractivity contribution in [1.29, 1.82) is 0 Å². The van der Waals surface area contributed by atoms with E-state index in [2.05, 4.69) is 0 Å². The second kappa shape index (κ2) is 5.85. The Labute approximate surface area is 132 Å². The monoisotopic (exact) mass is 334 g/mol. The largest absolute Gasteiger partial charge is 0.478 e. The van der Waals surface area contributed by atoms with E-state index in [1.807, 2.05) is 0 Å². The number of carboxylic acids is 2. The summed E-state index contributed by atoms with van der Waals surface area (Å²) in [5.74, 6) is -2.26. The van der Waals surface area contributed by atoms with Crippen LogP contribution in [0.3, 0.4) is 0 Å². The molecule has 2 rings (SSSR count). The van der Waals surface area contributed by atoms with Crippen molar-refractivity contribution in [3.8, 4) is 0 Å². The molecule has 0 aromatic heterocycles. The highest BCUT2D eigenvalue weighted by atomic mass is 32.2. The highest BCUT2D eigenvalue weighted by Gasteiger charge is 2.21. The number of sulfone groups is 1. The summed E-state index contributed by atoms with van der Waals surface area (Å²) in [5.41, 5.74) is 0.720. The zero-order chi connectivity index (χ0) is 17.4. The smallest absolute Gasteiger partial charge is 0.335 e. The predicted octanol–water partition coefficient (Wildman–Crippen LogP) is 2.53. The summed E-state index contributed by atoms with van der Waals surface area (Å²) in [4.78, 5) is 21.9. The SMILES string of the molecule is Cc1cc(S(=O)(=O)c2ccc(C(=O)O)c(C)c2)ccc1C(=O)O. The minimum absolute atomic E-state index is 0.0290. The van der Waals surface area contributed by atoms with Crippen molar-refractivity contribution < 1.29 is 28.2 Å². The molecule has 0 bridgehead atoms. The molecule has 2 aromatic carbocycles. The zero-order valence-corrected chi connectivity index (χ0v) is 13.2. The zero-order valence-electron chi connectivity index (χ0n) is 12.4. The van der Waals surface area contributed by atoms with E-state index in [1.165, 1.54) is 50.2 Å². The maximum Gasteiger partial charge on any atom is 0.335 e. The van der Waals surface area contributed by atoms with Crippen LogP contribution in [0.2, 0.25) is 0 Å². The summed E-state index contributed by atoms with van der Waals surface area (Å²) in [7, 11) is -3.85. The lowest BCUT2D eigenvalue weighted by Gasteiger charge is -2.09. The Morgan fingerprint density at radius 3 is 1.39 bits per heavy atom. The maximum atomic E-state index is 12.6. The Morgan fingerprint density at radius 1 is 0.783 bits per heavy atom. The van der Waals surface area contributed by atoms with E-state index in [1.54, 1.807) is 0 Å². The van der Waals surface area contributed by atoms with Crippen LogP contribution in [-0.2, 0) is 9.84 Å². The fraction of sp³-hybridized carbons (Fsp3) is 0.125. The number of carboxylic acid groups (broad SMARTS) is 2. The van der Waals surface area contributed by atoms with Gasteiger partial charge in [-0.3, -0.25) is 0 Å². The summed E-state index contributed by atoms with van der Waals surface area (Å²) in [6.45, 7) is 3.03. The second-order valence-corrected chi connectivity index (χ2v) is 7.02. The van der Waals surface area contributed by atoms with E-state index in [0.29, 0.717) is 11.1 Å². The van der Waals surface area contributed by atoms with Gasteiger partial charge in [0.05, 0.1) is 20.9 Å². The Kier molecular flexibility index (Phi) is 4.24. The average molecular weight is 334 g/mol. The molecule has 0 aliphatic carbocycles. The first-order valence-corrected chi connectivity index (χ1v) is 8.06. The average Bonchev–Trinajstić information content (AvgIpc) is 2.46. The van der Waals surface area contributed by atoms with Gasteiger partial charge in [0, 0.05) is 0 Å². The molecule has 0 fully saturated rings. The van der Waals surface area contributed by atoms with Crippen molar-refractivity contribution in [3.05, 3.63) is 58.7 Å². The van der Waals surface area contributed by atoms with Crippen molar-refractivity contribution in [2.24, 2.45) is 0 Å². The number of hydrogen-bond donors (Lipinski definition) is 2. The molecular weight excluding hydrogens is 320 g/mol. The van der Waals surface area contributed by atoms with Crippen LogP contribution >= 0.6 is 0 Å². The van der Waals surface area contributed by atoms with Crippen LogP contribution in [0.1, 0.15) is 31.8 Å². The van der Waals surface area contributed by atoms with Gasteiger partial charge in [0.25, 0.3) is 0 Å². The third kappa shape index (κ3) is 3.09. The van der Waals surface area contributed by atoms with Crippen LogP contribution in [0.25, 0.3) is 0 Å². The lowest BCUT2D eigenvalue weighted by Crippen LogP contribution is -2.07. The molecule has 0 atom stereocenters. The topological polar surface area (TPSA) is 109 Å². The van der Waals surface area contributed by atoms with Crippen molar-refractivity contribution >= 4 is 21.8 Å². The highest BCUT2D eigenvalue weighted by molar-refractivity contribution is 7.91. The first kappa shape index (κ1) is 16.7. The quantitative estimate of drug-likeness (QED) is 0.889. The minimum atomic E-state index is -3.85. The Morgan fingerprint density at radius 2 is 1.13 bits per heavy atom.